The van der Waals surface area contributed by atoms with Crippen molar-refractivity contribution in [1.29, 1.82) is 0 Å². The lowest BCUT2D eigenvalue weighted by atomic mass is 10.2. The molecule has 1 aliphatic heterocycles. The second-order valence-electron chi connectivity index (χ2n) is 3.44. The Morgan fingerprint density at radius 3 is 2.55 bits per heavy atom. The van der Waals surface area contributed by atoms with Crippen molar-refractivity contribution in [2.75, 3.05) is 6.54 Å². The predicted octanol–water partition coefficient (Wildman–Crippen LogP) is 1.70. The Bertz CT molecular complexity index is 201. The van der Waals surface area contributed by atoms with Crippen LogP contribution in [-0.2, 0) is 9.47 Å². The van der Waals surface area contributed by atoms with Gasteiger partial charge in [0.05, 0.1) is 0 Å². The summed E-state index contributed by atoms with van der Waals surface area (Å²) in [7, 11) is 0. The van der Waals surface area contributed by atoms with Crippen LogP contribution in [0.25, 0.3) is 0 Å². The van der Waals surface area contributed by atoms with Crippen molar-refractivity contribution < 1.29 is 9.47 Å². The van der Waals surface area contributed by atoms with E-state index in [-0.39, 0.29) is 5.60 Å². The first-order valence-corrected chi connectivity index (χ1v) is 3.56. The van der Waals surface area contributed by atoms with Crippen LogP contribution >= 0.6 is 0 Å². The Morgan fingerprint density at radius 1 is 1.55 bits per heavy atom. The second kappa shape index (κ2) is 2.57. The highest BCUT2D eigenvalue weighted by Crippen LogP contribution is 2.14. The third-order valence-corrected chi connectivity index (χ3v) is 1.01. The standard InChI is InChI=1S/C8H13NO2/c1-6-5-9-7(10-6)11-8(2,3)4/h1,5H2,2-4H3. The van der Waals surface area contributed by atoms with Crippen LogP contribution < -0.4 is 0 Å². The molecule has 0 bridgehead atoms. The Morgan fingerprint density at radius 2 is 2.18 bits per heavy atom. The van der Waals surface area contributed by atoms with E-state index in [0.29, 0.717) is 18.4 Å². The van der Waals surface area contributed by atoms with Gasteiger partial charge in [-0.25, -0.2) is 4.99 Å². The summed E-state index contributed by atoms with van der Waals surface area (Å²) in [4.78, 5) is 3.97. The summed E-state index contributed by atoms with van der Waals surface area (Å²) in [5.74, 6) is 0.643. The third-order valence-electron chi connectivity index (χ3n) is 1.01. The van der Waals surface area contributed by atoms with Gasteiger partial charge in [0.15, 0.2) is 0 Å². The SMILES string of the molecule is C=C1CN=C(OC(C)(C)C)O1. The summed E-state index contributed by atoms with van der Waals surface area (Å²) < 4.78 is 10.4. The minimum atomic E-state index is -0.247. The van der Waals surface area contributed by atoms with Gasteiger partial charge in [0.2, 0.25) is 0 Å². The zero-order chi connectivity index (χ0) is 8.48. The third kappa shape index (κ3) is 2.62. The van der Waals surface area contributed by atoms with Gasteiger partial charge in [-0.1, -0.05) is 6.58 Å². The first-order chi connectivity index (χ1) is 4.97. The second-order valence-corrected chi connectivity index (χ2v) is 3.44. The van der Waals surface area contributed by atoms with Crippen molar-refractivity contribution in [3.8, 4) is 0 Å². The Labute approximate surface area is 66.7 Å². The number of hydrogen-bond acceptors (Lipinski definition) is 3. The van der Waals surface area contributed by atoms with Gasteiger partial charge in [0.1, 0.15) is 17.9 Å². The fourth-order valence-corrected chi connectivity index (χ4v) is 0.656. The summed E-state index contributed by atoms with van der Waals surface area (Å²) in [6, 6.07) is 0. The Hall–Kier alpha value is -0.990. The molecule has 0 aromatic carbocycles. The maximum Gasteiger partial charge on any atom is 0.389 e. The van der Waals surface area contributed by atoms with Crippen molar-refractivity contribution >= 4 is 6.08 Å². The molecule has 0 unspecified atom stereocenters. The van der Waals surface area contributed by atoms with Gasteiger partial charge >= 0.3 is 6.08 Å². The van der Waals surface area contributed by atoms with Crippen LogP contribution in [0, 0.1) is 0 Å². The van der Waals surface area contributed by atoms with E-state index in [4.69, 9.17) is 9.47 Å². The van der Waals surface area contributed by atoms with Crippen LogP contribution in [0.2, 0.25) is 0 Å². The fraction of sp³-hybridized carbons (Fsp3) is 0.625. The molecule has 0 aromatic rings. The lowest BCUT2D eigenvalue weighted by molar-refractivity contribution is 0.0778. The van der Waals surface area contributed by atoms with Gasteiger partial charge in [0.25, 0.3) is 0 Å². The molecule has 0 radical (unpaired) electrons. The highest BCUT2D eigenvalue weighted by molar-refractivity contribution is 5.70. The lowest BCUT2D eigenvalue weighted by Crippen LogP contribution is -2.23. The monoisotopic (exact) mass is 155 g/mol. The number of rotatable bonds is 0. The summed E-state index contributed by atoms with van der Waals surface area (Å²) in [5.41, 5.74) is -0.247. The van der Waals surface area contributed by atoms with E-state index in [9.17, 15) is 0 Å². The van der Waals surface area contributed by atoms with Crippen LogP contribution in [-0.4, -0.2) is 18.2 Å². The van der Waals surface area contributed by atoms with Crippen molar-refractivity contribution in [2.24, 2.45) is 4.99 Å². The molecule has 0 aliphatic carbocycles. The number of ether oxygens (including phenoxy) is 2. The van der Waals surface area contributed by atoms with Gasteiger partial charge in [-0.05, 0) is 20.8 Å². The molecule has 3 heteroatoms. The molecule has 0 fully saturated rings. The molecular formula is C8H13NO2. The molecule has 1 heterocycles. The minimum Gasteiger partial charge on any atom is -0.445 e. The van der Waals surface area contributed by atoms with E-state index in [0.717, 1.165) is 0 Å². The number of aliphatic imine (C=N–C) groups is 1. The van der Waals surface area contributed by atoms with Crippen molar-refractivity contribution in [3.63, 3.8) is 0 Å². The van der Waals surface area contributed by atoms with Crippen molar-refractivity contribution in [1.82, 2.24) is 0 Å². The first-order valence-electron chi connectivity index (χ1n) is 3.56. The molecule has 0 N–H and O–H groups in total. The summed E-state index contributed by atoms with van der Waals surface area (Å²) in [6.07, 6.45) is 0.336. The van der Waals surface area contributed by atoms with Gasteiger partial charge < -0.3 is 9.47 Å². The maximum absolute atomic E-state index is 5.34. The largest absolute Gasteiger partial charge is 0.445 e. The highest BCUT2D eigenvalue weighted by Gasteiger charge is 2.20. The Balaban J connectivity index is 2.46. The highest BCUT2D eigenvalue weighted by atomic mass is 16.7. The molecule has 0 amide bonds. The normalized spacial score (nSPS) is 17.7. The van der Waals surface area contributed by atoms with E-state index >= 15 is 0 Å². The van der Waals surface area contributed by atoms with E-state index in [1.54, 1.807) is 0 Å². The number of hydrogen-bond donors (Lipinski definition) is 0. The average Bonchev–Trinajstić information content (AvgIpc) is 2.10. The van der Waals surface area contributed by atoms with Crippen molar-refractivity contribution in [2.45, 2.75) is 26.4 Å². The summed E-state index contributed by atoms with van der Waals surface area (Å²) in [6.45, 7) is 9.97. The molecule has 11 heavy (non-hydrogen) atoms. The van der Waals surface area contributed by atoms with Gasteiger partial charge in [-0.3, -0.25) is 0 Å². The first kappa shape index (κ1) is 8.11. The maximum atomic E-state index is 5.34. The van der Waals surface area contributed by atoms with E-state index in [1.807, 2.05) is 20.8 Å². The minimum absolute atomic E-state index is 0.247. The predicted molar refractivity (Wildman–Crippen MR) is 43.4 cm³/mol. The van der Waals surface area contributed by atoms with Crippen LogP contribution in [0.5, 0.6) is 0 Å². The van der Waals surface area contributed by atoms with Crippen LogP contribution in [0.1, 0.15) is 20.8 Å². The molecule has 0 saturated carbocycles. The van der Waals surface area contributed by atoms with E-state index < -0.39 is 0 Å². The molecule has 1 aliphatic rings. The molecule has 1 rings (SSSR count). The summed E-state index contributed by atoms with van der Waals surface area (Å²) >= 11 is 0. The molecule has 0 spiro atoms. The van der Waals surface area contributed by atoms with Crippen molar-refractivity contribution in [3.05, 3.63) is 12.3 Å². The smallest absolute Gasteiger partial charge is 0.389 e. The van der Waals surface area contributed by atoms with Crippen LogP contribution in [0.15, 0.2) is 17.3 Å². The van der Waals surface area contributed by atoms with E-state index in [1.165, 1.54) is 0 Å². The van der Waals surface area contributed by atoms with E-state index in [2.05, 4.69) is 11.6 Å². The van der Waals surface area contributed by atoms with Gasteiger partial charge in [0, 0.05) is 0 Å². The molecular weight excluding hydrogens is 142 g/mol. The molecule has 0 aromatic heterocycles. The fourth-order valence-electron chi connectivity index (χ4n) is 0.656. The van der Waals surface area contributed by atoms with Gasteiger partial charge in [-0.2, -0.15) is 0 Å². The topological polar surface area (TPSA) is 30.8 Å². The van der Waals surface area contributed by atoms with Crippen LogP contribution in [0.3, 0.4) is 0 Å². The molecule has 62 valence electrons. The lowest BCUT2D eigenvalue weighted by Gasteiger charge is -2.19. The average molecular weight is 155 g/mol. The molecule has 0 atom stereocenters. The number of nitrogens with zero attached hydrogens (tertiary/aromatic N) is 1. The quantitative estimate of drug-likeness (QED) is 0.533. The Kier molecular flexibility index (Phi) is 1.89. The zero-order valence-electron chi connectivity index (χ0n) is 7.18. The summed E-state index contributed by atoms with van der Waals surface area (Å²) in [5, 5.41) is 0. The zero-order valence-corrected chi connectivity index (χ0v) is 7.18. The van der Waals surface area contributed by atoms with Crippen LogP contribution in [0.4, 0.5) is 0 Å². The van der Waals surface area contributed by atoms with Gasteiger partial charge in [-0.15, -0.1) is 0 Å². The molecule has 3 nitrogen and oxygen atoms in total. The molecule has 0 saturated heterocycles.